The third-order valence-corrected chi connectivity index (χ3v) is 2.57. The zero-order valence-corrected chi connectivity index (χ0v) is 9.67. The quantitative estimate of drug-likeness (QED) is 0.903. The van der Waals surface area contributed by atoms with Gasteiger partial charge in [0.2, 0.25) is 0 Å². The van der Waals surface area contributed by atoms with Gasteiger partial charge in [0.05, 0.1) is 5.69 Å². The molecule has 0 saturated heterocycles. The summed E-state index contributed by atoms with van der Waals surface area (Å²) in [4.78, 5) is 19.0. The van der Waals surface area contributed by atoms with Crippen molar-refractivity contribution >= 4 is 5.97 Å². The summed E-state index contributed by atoms with van der Waals surface area (Å²) in [6, 6.07) is 7.50. The molecule has 0 fully saturated rings. The Morgan fingerprint density at radius 2 is 1.94 bits per heavy atom. The van der Waals surface area contributed by atoms with Crippen LogP contribution in [0.4, 0.5) is 4.39 Å². The van der Waals surface area contributed by atoms with Gasteiger partial charge in [-0.25, -0.2) is 14.4 Å². The summed E-state index contributed by atoms with van der Waals surface area (Å²) in [7, 11) is 0. The molecule has 2 rings (SSSR count). The molecular weight excluding hydrogens is 235 g/mol. The van der Waals surface area contributed by atoms with Crippen LogP contribution in [0.2, 0.25) is 0 Å². The van der Waals surface area contributed by atoms with Gasteiger partial charge in [0, 0.05) is 11.8 Å². The van der Waals surface area contributed by atoms with Crippen molar-refractivity contribution in [3.05, 3.63) is 48.2 Å². The van der Waals surface area contributed by atoms with Crippen molar-refractivity contribution < 1.29 is 14.3 Å². The van der Waals surface area contributed by atoms with Crippen LogP contribution < -0.4 is 0 Å². The molecule has 5 heteroatoms. The Balaban J connectivity index is 2.38. The molecule has 18 heavy (non-hydrogen) atoms. The Kier molecular flexibility index (Phi) is 3.32. The maximum Gasteiger partial charge on any atom is 0.313 e. The number of nitrogens with zero attached hydrogens (tertiary/aromatic N) is 2. The molecule has 1 unspecified atom stereocenters. The van der Waals surface area contributed by atoms with Gasteiger partial charge >= 0.3 is 5.97 Å². The van der Waals surface area contributed by atoms with Gasteiger partial charge in [-0.15, -0.1) is 0 Å². The van der Waals surface area contributed by atoms with Crippen LogP contribution in [0.1, 0.15) is 18.7 Å². The first kappa shape index (κ1) is 12.2. The highest BCUT2D eigenvalue weighted by Gasteiger charge is 2.17. The van der Waals surface area contributed by atoms with E-state index in [4.69, 9.17) is 5.11 Å². The van der Waals surface area contributed by atoms with Crippen LogP contribution in [0.15, 0.2) is 36.5 Å². The largest absolute Gasteiger partial charge is 0.481 e. The lowest BCUT2D eigenvalue weighted by molar-refractivity contribution is -0.138. The SMILES string of the molecule is CC(C(=O)O)c1nccc(-c2ccc(F)cc2)n1. The van der Waals surface area contributed by atoms with Gasteiger partial charge in [-0.2, -0.15) is 0 Å². The van der Waals surface area contributed by atoms with Crippen LogP contribution in [0, 0.1) is 5.82 Å². The molecule has 2 aromatic rings. The summed E-state index contributed by atoms with van der Waals surface area (Å²) < 4.78 is 12.8. The highest BCUT2D eigenvalue weighted by molar-refractivity contribution is 5.74. The first-order valence-corrected chi connectivity index (χ1v) is 5.39. The minimum Gasteiger partial charge on any atom is -0.481 e. The third-order valence-electron chi connectivity index (χ3n) is 2.57. The zero-order valence-electron chi connectivity index (χ0n) is 9.67. The zero-order chi connectivity index (χ0) is 13.1. The lowest BCUT2D eigenvalue weighted by Crippen LogP contribution is -2.11. The number of aliphatic carboxylic acids is 1. The molecule has 4 nitrogen and oxygen atoms in total. The Bertz CT molecular complexity index is 569. The molecule has 1 N–H and O–H groups in total. The van der Waals surface area contributed by atoms with Gasteiger partial charge in [-0.3, -0.25) is 4.79 Å². The second-order valence-corrected chi connectivity index (χ2v) is 3.87. The Morgan fingerprint density at radius 1 is 1.28 bits per heavy atom. The number of rotatable bonds is 3. The minimum absolute atomic E-state index is 0.240. The molecule has 0 saturated carbocycles. The van der Waals surface area contributed by atoms with E-state index in [9.17, 15) is 9.18 Å². The van der Waals surface area contributed by atoms with E-state index in [1.54, 1.807) is 18.2 Å². The molecule has 0 radical (unpaired) electrons. The molecule has 1 aromatic heterocycles. The summed E-state index contributed by atoms with van der Waals surface area (Å²) in [5.74, 6) is -1.84. The molecule has 0 amide bonds. The summed E-state index contributed by atoms with van der Waals surface area (Å²) in [5.41, 5.74) is 1.30. The Morgan fingerprint density at radius 3 is 2.56 bits per heavy atom. The van der Waals surface area contributed by atoms with Crippen molar-refractivity contribution in [1.82, 2.24) is 9.97 Å². The van der Waals surface area contributed by atoms with Crippen LogP contribution >= 0.6 is 0 Å². The number of hydrogen-bond acceptors (Lipinski definition) is 3. The lowest BCUT2D eigenvalue weighted by Gasteiger charge is -2.06. The molecular formula is C13H11FN2O2. The predicted octanol–water partition coefficient (Wildman–Crippen LogP) is 2.47. The van der Waals surface area contributed by atoms with Gasteiger partial charge in [0.1, 0.15) is 17.6 Å². The van der Waals surface area contributed by atoms with Crippen LogP contribution in [0.3, 0.4) is 0 Å². The van der Waals surface area contributed by atoms with E-state index in [0.717, 1.165) is 5.56 Å². The Labute approximate surface area is 103 Å². The van der Waals surface area contributed by atoms with Gasteiger partial charge < -0.3 is 5.11 Å². The second kappa shape index (κ2) is 4.91. The molecule has 1 atom stereocenters. The van der Waals surface area contributed by atoms with Crippen molar-refractivity contribution in [3.63, 3.8) is 0 Å². The predicted molar refractivity (Wildman–Crippen MR) is 63.5 cm³/mol. The van der Waals surface area contributed by atoms with Crippen molar-refractivity contribution in [2.24, 2.45) is 0 Å². The highest BCUT2D eigenvalue weighted by Crippen LogP contribution is 2.19. The number of aromatic nitrogens is 2. The fraction of sp³-hybridized carbons (Fsp3) is 0.154. The first-order chi connectivity index (χ1) is 8.58. The maximum atomic E-state index is 12.8. The van der Waals surface area contributed by atoms with Crippen LogP contribution in [-0.2, 0) is 4.79 Å². The molecule has 0 bridgehead atoms. The lowest BCUT2D eigenvalue weighted by atomic mass is 10.1. The number of hydrogen-bond donors (Lipinski definition) is 1. The van der Waals surface area contributed by atoms with E-state index in [-0.39, 0.29) is 11.6 Å². The summed E-state index contributed by atoms with van der Waals surface area (Å²) >= 11 is 0. The van der Waals surface area contributed by atoms with E-state index in [0.29, 0.717) is 5.69 Å². The monoisotopic (exact) mass is 246 g/mol. The summed E-state index contributed by atoms with van der Waals surface area (Å²) in [5, 5.41) is 8.90. The fourth-order valence-electron chi connectivity index (χ4n) is 1.47. The summed E-state index contributed by atoms with van der Waals surface area (Å²) in [6.45, 7) is 1.52. The number of benzene rings is 1. The minimum atomic E-state index is -0.980. The van der Waals surface area contributed by atoms with Crippen molar-refractivity contribution in [2.75, 3.05) is 0 Å². The van der Waals surface area contributed by atoms with Gasteiger partial charge in [-0.1, -0.05) is 0 Å². The number of carbonyl (C=O) groups is 1. The van der Waals surface area contributed by atoms with Crippen LogP contribution in [0.5, 0.6) is 0 Å². The molecule has 0 aliphatic heterocycles. The van der Waals surface area contributed by atoms with Gasteiger partial charge in [0.15, 0.2) is 0 Å². The number of carboxylic acid groups (broad SMARTS) is 1. The van der Waals surface area contributed by atoms with Gasteiger partial charge in [-0.05, 0) is 37.3 Å². The van der Waals surface area contributed by atoms with E-state index >= 15 is 0 Å². The van der Waals surface area contributed by atoms with Crippen LogP contribution in [0.25, 0.3) is 11.3 Å². The molecule has 92 valence electrons. The number of halogens is 1. The Hall–Kier alpha value is -2.30. The van der Waals surface area contributed by atoms with Crippen molar-refractivity contribution in [3.8, 4) is 11.3 Å². The molecule has 0 aliphatic rings. The second-order valence-electron chi connectivity index (χ2n) is 3.87. The topological polar surface area (TPSA) is 63.1 Å². The van der Waals surface area contributed by atoms with E-state index < -0.39 is 11.9 Å². The maximum absolute atomic E-state index is 12.8. The van der Waals surface area contributed by atoms with Crippen LogP contribution in [-0.4, -0.2) is 21.0 Å². The highest BCUT2D eigenvalue weighted by atomic mass is 19.1. The molecule has 0 spiro atoms. The van der Waals surface area contributed by atoms with Gasteiger partial charge in [0.25, 0.3) is 0 Å². The number of carboxylic acids is 1. The van der Waals surface area contributed by atoms with E-state index in [2.05, 4.69) is 9.97 Å². The molecule has 1 heterocycles. The van der Waals surface area contributed by atoms with Crippen molar-refractivity contribution in [1.29, 1.82) is 0 Å². The molecule has 0 aliphatic carbocycles. The van der Waals surface area contributed by atoms with E-state index in [1.165, 1.54) is 25.3 Å². The van der Waals surface area contributed by atoms with Crippen molar-refractivity contribution in [2.45, 2.75) is 12.8 Å². The van der Waals surface area contributed by atoms with E-state index in [1.807, 2.05) is 0 Å². The first-order valence-electron chi connectivity index (χ1n) is 5.39. The summed E-state index contributed by atoms with van der Waals surface area (Å²) in [6.07, 6.45) is 1.50. The molecule has 1 aromatic carbocycles. The average molecular weight is 246 g/mol. The average Bonchev–Trinajstić information content (AvgIpc) is 2.38. The normalized spacial score (nSPS) is 12.1. The third kappa shape index (κ3) is 2.51. The standard InChI is InChI=1S/C13H11FN2O2/c1-8(13(17)18)12-15-7-6-11(16-12)9-2-4-10(14)5-3-9/h2-8H,1H3,(H,17,18). The smallest absolute Gasteiger partial charge is 0.313 e. The fourth-order valence-corrected chi connectivity index (χ4v) is 1.47.